The summed E-state index contributed by atoms with van der Waals surface area (Å²) in [5, 5.41) is 3.16. The van der Waals surface area contributed by atoms with Gasteiger partial charge in [-0.05, 0) is 24.3 Å². The maximum atomic E-state index is 14.2. The lowest BCUT2D eigenvalue weighted by Gasteiger charge is -2.35. The Morgan fingerprint density at radius 2 is 1.58 bits per heavy atom. The normalized spacial score (nSPS) is 14.8. The Hall–Kier alpha value is -2.84. The number of halogens is 3. The van der Waals surface area contributed by atoms with Crippen molar-refractivity contribution in [3.8, 4) is 0 Å². The molecule has 4 amide bonds. The van der Waals surface area contributed by atoms with E-state index >= 15 is 0 Å². The van der Waals surface area contributed by atoms with Gasteiger partial charge in [0.2, 0.25) is 5.91 Å². The molecule has 10 heteroatoms. The minimum atomic E-state index is -0.889. The topological polar surface area (TPSA) is 95.7 Å². The van der Waals surface area contributed by atoms with Crippen LogP contribution in [0.4, 0.5) is 9.18 Å². The Labute approximate surface area is 188 Å². The van der Waals surface area contributed by atoms with Crippen molar-refractivity contribution < 1.29 is 18.8 Å². The molecule has 0 radical (unpaired) electrons. The zero-order chi connectivity index (χ0) is 22.5. The molecular formula is C21H21Cl2FN4O3. The van der Waals surface area contributed by atoms with Gasteiger partial charge in [0.1, 0.15) is 5.82 Å². The molecule has 0 spiro atoms. The Balaban J connectivity index is 1.63. The van der Waals surface area contributed by atoms with Gasteiger partial charge in [-0.25, -0.2) is 9.18 Å². The summed E-state index contributed by atoms with van der Waals surface area (Å²) >= 11 is 11.9. The van der Waals surface area contributed by atoms with Crippen LogP contribution >= 0.6 is 23.2 Å². The van der Waals surface area contributed by atoms with E-state index in [1.807, 2.05) is 0 Å². The maximum Gasteiger partial charge on any atom is 0.312 e. The number of hydrogen-bond acceptors (Lipinski definition) is 3. The molecule has 1 atom stereocenters. The Morgan fingerprint density at radius 3 is 2.16 bits per heavy atom. The van der Waals surface area contributed by atoms with E-state index in [4.69, 9.17) is 28.9 Å². The van der Waals surface area contributed by atoms with Crippen LogP contribution in [0.3, 0.4) is 0 Å². The minimum absolute atomic E-state index is 0.151. The van der Waals surface area contributed by atoms with Gasteiger partial charge in [0.25, 0.3) is 5.91 Å². The van der Waals surface area contributed by atoms with Crippen molar-refractivity contribution >= 4 is 41.0 Å². The summed E-state index contributed by atoms with van der Waals surface area (Å²) in [6.07, 6.45) is -0.151. The fourth-order valence-electron chi connectivity index (χ4n) is 3.49. The highest BCUT2D eigenvalue weighted by Gasteiger charge is 2.28. The number of rotatable bonds is 5. The molecular weight excluding hydrogens is 446 g/mol. The number of carbonyl (C=O) groups is 3. The van der Waals surface area contributed by atoms with Crippen LogP contribution in [0.2, 0.25) is 10.0 Å². The summed E-state index contributed by atoms with van der Waals surface area (Å²) in [5.41, 5.74) is 5.76. The monoisotopic (exact) mass is 466 g/mol. The third-order valence-corrected chi connectivity index (χ3v) is 5.44. The van der Waals surface area contributed by atoms with Gasteiger partial charge in [0.15, 0.2) is 0 Å². The molecule has 1 aliphatic rings. The zero-order valence-corrected chi connectivity index (χ0v) is 18.0. The molecule has 7 nitrogen and oxygen atoms in total. The lowest BCUT2D eigenvalue weighted by Crippen LogP contribution is -2.51. The number of amides is 4. The Bertz CT molecular complexity index is 976. The molecule has 2 aromatic rings. The summed E-state index contributed by atoms with van der Waals surface area (Å²) in [5.74, 6) is -1.04. The zero-order valence-electron chi connectivity index (χ0n) is 16.5. The molecule has 1 heterocycles. The first-order valence-corrected chi connectivity index (χ1v) is 10.3. The summed E-state index contributed by atoms with van der Waals surface area (Å²) < 4.78 is 14.2. The average Bonchev–Trinajstić information content (AvgIpc) is 2.72. The quantitative estimate of drug-likeness (QED) is 0.707. The predicted molar refractivity (Wildman–Crippen MR) is 115 cm³/mol. The summed E-state index contributed by atoms with van der Waals surface area (Å²) in [6, 6.07) is 8.77. The highest BCUT2D eigenvalue weighted by Crippen LogP contribution is 2.23. The molecule has 0 bridgehead atoms. The van der Waals surface area contributed by atoms with E-state index in [1.54, 1.807) is 34.1 Å². The van der Waals surface area contributed by atoms with Crippen LogP contribution in [-0.4, -0.2) is 53.8 Å². The maximum absolute atomic E-state index is 14.2. The molecule has 2 aromatic carbocycles. The number of nitrogens with one attached hydrogen (secondary N) is 1. The van der Waals surface area contributed by atoms with E-state index in [0.29, 0.717) is 41.8 Å². The number of benzene rings is 2. The van der Waals surface area contributed by atoms with Gasteiger partial charge in [-0.15, -0.1) is 0 Å². The SMILES string of the molecule is NC(=O)N[C@@H](CC(=O)N1CCN(C(=O)c2cc(Cl)cc(Cl)c2)CC1)c1ccccc1F. The number of nitrogens with zero attached hydrogens (tertiary/aromatic N) is 2. The van der Waals surface area contributed by atoms with Crippen LogP contribution in [0.5, 0.6) is 0 Å². The van der Waals surface area contributed by atoms with Crippen molar-refractivity contribution in [1.29, 1.82) is 0 Å². The third kappa shape index (κ3) is 5.86. The van der Waals surface area contributed by atoms with Gasteiger partial charge in [0, 0.05) is 47.4 Å². The van der Waals surface area contributed by atoms with Gasteiger partial charge in [-0.1, -0.05) is 41.4 Å². The number of urea groups is 1. The van der Waals surface area contributed by atoms with E-state index in [-0.39, 0.29) is 23.8 Å². The fourth-order valence-corrected chi connectivity index (χ4v) is 4.02. The van der Waals surface area contributed by atoms with Crippen molar-refractivity contribution in [1.82, 2.24) is 15.1 Å². The Kier molecular flexibility index (Phi) is 7.35. The predicted octanol–water partition coefficient (Wildman–Crippen LogP) is 3.22. The molecule has 164 valence electrons. The first-order chi connectivity index (χ1) is 14.7. The van der Waals surface area contributed by atoms with Crippen LogP contribution in [0.1, 0.15) is 28.4 Å². The first kappa shape index (κ1) is 22.8. The van der Waals surface area contributed by atoms with E-state index in [1.165, 1.54) is 18.2 Å². The minimum Gasteiger partial charge on any atom is -0.352 e. The number of piperazine rings is 1. The van der Waals surface area contributed by atoms with Crippen molar-refractivity contribution in [2.75, 3.05) is 26.2 Å². The smallest absolute Gasteiger partial charge is 0.312 e. The molecule has 1 saturated heterocycles. The number of nitrogens with two attached hydrogens (primary N) is 1. The van der Waals surface area contributed by atoms with Crippen LogP contribution in [-0.2, 0) is 4.79 Å². The summed E-state index contributed by atoms with van der Waals surface area (Å²) in [6.45, 7) is 1.25. The molecule has 0 aliphatic carbocycles. The van der Waals surface area contributed by atoms with Crippen LogP contribution < -0.4 is 11.1 Å². The molecule has 1 aliphatic heterocycles. The number of hydrogen-bond donors (Lipinski definition) is 2. The van der Waals surface area contributed by atoms with Gasteiger partial charge >= 0.3 is 6.03 Å². The van der Waals surface area contributed by atoms with E-state index in [0.717, 1.165) is 0 Å². The lowest BCUT2D eigenvalue weighted by molar-refractivity contribution is -0.133. The highest BCUT2D eigenvalue weighted by molar-refractivity contribution is 6.35. The van der Waals surface area contributed by atoms with Gasteiger partial charge < -0.3 is 20.9 Å². The van der Waals surface area contributed by atoms with Crippen LogP contribution in [0, 0.1) is 5.82 Å². The van der Waals surface area contributed by atoms with E-state index in [2.05, 4.69) is 5.32 Å². The summed E-state index contributed by atoms with van der Waals surface area (Å²) in [7, 11) is 0. The molecule has 1 fully saturated rings. The lowest BCUT2D eigenvalue weighted by atomic mass is 10.0. The van der Waals surface area contributed by atoms with Crippen LogP contribution in [0.25, 0.3) is 0 Å². The largest absolute Gasteiger partial charge is 0.352 e. The second kappa shape index (κ2) is 9.98. The second-order valence-electron chi connectivity index (χ2n) is 7.12. The van der Waals surface area contributed by atoms with Crippen molar-refractivity contribution in [3.05, 3.63) is 69.5 Å². The average molecular weight is 467 g/mol. The molecule has 0 saturated carbocycles. The molecule has 3 N–H and O–H groups in total. The van der Waals surface area contributed by atoms with E-state index in [9.17, 15) is 18.8 Å². The standard InChI is InChI=1S/C21H21Cl2FN4O3/c22-14-9-13(10-15(23)11-14)20(30)28-7-5-27(6-8-28)19(29)12-18(26-21(25)31)16-3-1-2-4-17(16)24/h1-4,9-11,18H,5-8,12H2,(H3,25,26,31)/t18-/m0/s1. The molecule has 0 aromatic heterocycles. The molecule has 31 heavy (non-hydrogen) atoms. The van der Waals surface area contributed by atoms with Crippen molar-refractivity contribution in [3.63, 3.8) is 0 Å². The number of primary amides is 1. The fraction of sp³-hybridized carbons (Fsp3) is 0.286. The molecule has 3 rings (SSSR count). The van der Waals surface area contributed by atoms with Crippen molar-refractivity contribution in [2.24, 2.45) is 5.73 Å². The first-order valence-electron chi connectivity index (χ1n) is 9.58. The van der Waals surface area contributed by atoms with E-state index < -0.39 is 17.9 Å². The van der Waals surface area contributed by atoms with Crippen molar-refractivity contribution in [2.45, 2.75) is 12.5 Å². The highest BCUT2D eigenvalue weighted by atomic mass is 35.5. The number of carbonyl (C=O) groups excluding carboxylic acids is 3. The second-order valence-corrected chi connectivity index (χ2v) is 7.99. The van der Waals surface area contributed by atoms with Gasteiger partial charge in [-0.3, -0.25) is 9.59 Å². The van der Waals surface area contributed by atoms with Gasteiger partial charge in [-0.2, -0.15) is 0 Å². The third-order valence-electron chi connectivity index (χ3n) is 5.00. The Morgan fingerprint density at radius 1 is 1.00 bits per heavy atom. The van der Waals surface area contributed by atoms with Gasteiger partial charge in [0.05, 0.1) is 12.5 Å². The molecule has 0 unspecified atom stereocenters. The summed E-state index contributed by atoms with van der Waals surface area (Å²) in [4.78, 5) is 40.0. The van der Waals surface area contributed by atoms with Crippen LogP contribution in [0.15, 0.2) is 42.5 Å².